The van der Waals surface area contributed by atoms with Gasteiger partial charge in [-0.3, -0.25) is 0 Å². The third kappa shape index (κ3) is 4.99. The third-order valence-corrected chi connectivity index (χ3v) is 3.67. The summed E-state index contributed by atoms with van der Waals surface area (Å²) in [6.45, 7) is 1.41. The lowest BCUT2D eigenvalue weighted by Crippen LogP contribution is -2.04. The third-order valence-electron chi connectivity index (χ3n) is 3.67. The topological polar surface area (TPSA) is 57.9 Å². The molecule has 2 aromatic rings. The molecule has 0 aliphatic carbocycles. The predicted molar refractivity (Wildman–Crippen MR) is 89.5 cm³/mol. The normalized spacial score (nSPS) is 10.9. The van der Waals surface area contributed by atoms with Crippen LogP contribution in [0.1, 0.15) is 32.1 Å². The zero-order valence-corrected chi connectivity index (χ0v) is 13.8. The monoisotopic (exact) mass is 320 g/mol. The Kier molecular flexibility index (Phi) is 6.94. The standard InChI is InChI=1S/C18H24O5/c1-20-11-6-4-3-5-7-12-22-16-13-17(19)23-18-14(16)9-8-10-15(18)21-2/h8-10,13H,3-7,11-12H2,1-2H3. The molecule has 0 saturated carbocycles. The SMILES string of the molecule is COCCCCCCCOc1cc(=O)oc2c(OC)cccc12. The van der Waals surface area contributed by atoms with Gasteiger partial charge in [0.1, 0.15) is 5.75 Å². The highest BCUT2D eigenvalue weighted by molar-refractivity contribution is 5.87. The fourth-order valence-corrected chi connectivity index (χ4v) is 2.47. The molecule has 5 nitrogen and oxygen atoms in total. The molecule has 0 radical (unpaired) electrons. The molecule has 1 heterocycles. The summed E-state index contributed by atoms with van der Waals surface area (Å²) in [5.41, 5.74) is -0.00590. The maximum absolute atomic E-state index is 11.7. The van der Waals surface area contributed by atoms with Crippen LogP contribution in [0.3, 0.4) is 0 Å². The van der Waals surface area contributed by atoms with E-state index in [9.17, 15) is 4.79 Å². The molecule has 2 rings (SSSR count). The zero-order valence-electron chi connectivity index (χ0n) is 13.8. The molecular weight excluding hydrogens is 296 g/mol. The molecule has 0 fully saturated rings. The molecule has 5 heteroatoms. The van der Waals surface area contributed by atoms with Crippen LogP contribution >= 0.6 is 0 Å². The largest absolute Gasteiger partial charge is 0.493 e. The molecule has 0 unspecified atom stereocenters. The average Bonchev–Trinajstić information content (AvgIpc) is 2.56. The van der Waals surface area contributed by atoms with E-state index in [0.717, 1.165) is 37.7 Å². The Morgan fingerprint density at radius 2 is 1.70 bits per heavy atom. The lowest BCUT2D eigenvalue weighted by Gasteiger charge is -2.10. The Morgan fingerprint density at radius 3 is 2.43 bits per heavy atom. The fourth-order valence-electron chi connectivity index (χ4n) is 2.47. The molecule has 0 spiro atoms. The second-order valence-electron chi connectivity index (χ2n) is 5.38. The van der Waals surface area contributed by atoms with Gasteiger partial charge in [-0.05, 0) is 25.0 Å². The lowest BCUT2D eigenvalue weighted by molar-refractivity contribution is 0.191. The van der Waals surface area contributed by atoms with Gasteiger partial charge in [-0.1, -0.05) is 25.3 Å². The summed E-state index contributed by atoms with van der Waals surface area (Å²) in [6.07, 6.45) is 5.49. The van der Waals surface area contributed by atoms with Gasteiger partial charge in [-0.2, -0.15) is 0 Å². The average molecular weight is 320 g/mol. The minimum Gasteiger partial charge on any atom is -0.493 e. The molecule has 1 aromatic heterocycles. The number of para-hydroxylation sites is 1. The van der Waals surface area contributed by atoms with Crippen molar-refractivity contribution >= 4 is 11.0 Å². The van der Waals surface area contributed by atoms with E-state index in [1.54, 1.807) is 20.3 Å². The molecule has 0 aliphatic heterocycles. The van der Waals surface area contributed by atoms with Crippen molar-refractivity contribution in [2.45, 2.75) is 32.1 Å². The molecule has 23 heavy (non-hydrogen) atoms. The van der Waals surface area contributed by atoms with Crippen LogP contribution < -0.4 is 15.1 Å². The molecule has 0 N–H and O–H groups in total. The maximum atomic E-state index is 11.7. The van der Waals surface area contributed by atoms with Crippen LogP contribution in [-0.4, -0.2) is 27.4 Å². The molecule has 0 saturated heterocycles. The van der Waals surface area contributed by atoms with Crippen LogP contribution in [0.4, 0.5) is 0 Å². The van der Waals surface area contributed by atoms with Crippen molar-refractivity contribution in [1.29, 1.82) is 0 Å². The Bertz CT molecular complexity index is 662. The van der Waals surface area contributed by atoms with E-state index < -0.39 is 5.63 Å². The van der Waals surface area contributed by atoms with Crippen LogP contribution in [0.5, 0.6) is 11.5 Å². The van der Waals surface area contributed by atoms with E-state index >= 15 is 0 Å². The number of hydrogen-bond donors (Lipinski definition) is 0. The van der Waals surface area contributed by atoms with E-state index in [2.05, 4.69) is 0 Å². The molecule has 0 amide bonds. The van der Waals surface area contributed by atoms with Crippen molar-refractivity contribution in [2.24, 2.45) is 0 Å². The van der Waals surface area contributed by atoms with Gasteiger partial charge in [0.25, 0.3) is 0 Å². The Balaban J connectivity index is 1.92. The Labute approximate surface area is 136 Å². The first kappa shape index (κ1) is 17.3. The number of benzene rings is 1. The number of rotatable bonds is 10. The smallest absolute Gasteiger partial charge is 0.340 e. The summed E-state index contributed by atoms with van der Waals surface area (Å²) in [4.78, 5) is 11.7. The van der Waals surface area contributed by atoms with Gasteiger partial charge < -0.3 is 18.6 Å². The van der Waals surface area contributed by atoms with Gasteiger partial charge >= 0.3 is 5.63 Å². The van der Waals surface area contributed by atoms with Crippen molar-refractivity contribution in [3.05, 3.63) is 34.7 Å². The van der Waals surface area contributed by atoms with Crippen molar-refractivity contribution in [3.63, 3.8) is 0 Å². The lowest BCUT2D eigenvalue weighted by atomic mass is 10.1. The highest BCUT2D eigenvalue weighted by Gasteiger charge is 2.10. The molecule has 0 bridgehead atoms. The van der Waals surface area contributed by atoms with Crippen LogP contribution in [0.2, 0.25) is 0 Å². The van der Waals surface area contributed by atoms with E-state index in [1.165, 1.54) is 12.5 Å². The second-order valence-corrected chi connectivity index (χ2v) is 5.38. The molecule has 0 aliphatic rings. The Hall–Kier alpha value is -2.01. The van der Waals surface area contributed by atoms with Crippen LogP contribution in [0, 0.1) is 0 Å². The number of fused-ring (bicyclic) bond motifs is 1. The highest BCUT2D eigenvalue weighted by Crippen LogP contribution is 2.30. The van der Waals surface area contributed by atoms with Crippen molar-refractivity contribution in [1.82, 2.24) is 0 Å². The van der Waals surface area contributed by atoms with Crippen molar-refractivity contribution < 1.29 is 18.6 Å². The van der Waals surface area contributed by atoms with E-state index in [1.807, 2.05) is 12.1 Å². The zero-order chi connectivity index (χ0) is 16.5. The quantitative estimate of drug-likeness (QED) is 0.492. The summed E-state index contributed by atoms with van der Waals surface area (Å²) < 4.78 is 21.3. The summed E-state index contributed by atoms with van der Waals surface area (Å²) in [5, 5.41) is 0.754. The first-order valence-electron chi connectivity index (χ1n) is 7.99. The van der Waals surface area contributed by atoms with E-state index in [0.29, 0.717) is 23.7 Å². The molecule has 0 atom stereocenters. The van der Waals surface area contributed by atoms with Crippen molar-refractivity contribution in [3.8, 4) is 11.5 Å². The van der Waals surface area contributed by atoms with Crippen LogP contribution in [-0.2, 0) is 4.74 Å². The fraction of sp³-hybridized carbons (Fsp3) is 0.500. The molecule has 1 aromatic carbocycles. The first-order chi connectivity index (χ1) is 11.3. The summed E-state index contributed by atoms with van der Waals surface area (Å²) in [6, 6.07) is 6.86. The van der Waals surface area contributed by atoms with Crippen LogP contribution in [0.25, 0.3) is 11.0 Å². The minimum absolute atomic E-state index is 0.428. The predicted octanol–water partition coefficient (Wildman–Crippen LogP) is 3.78. The van der Waals surface area contributed by atoms with Gasteiger partial charge in [0.05, 0.1) is 25.2 Å². The number of ether oxygens (including phenoxy) is 3. The van der Waals surface area contributed by atoms with Crippen LogP contribution in [0.15, 0.2) is 33.5 Å². The molecular formula is C18H24O5. The van der Waals surface area contributed by atoms with E-state index in [4.69, 9.17) is 18.6 Å². The highest BCUT2D eigenvalue weighted by atomic mass is 16.5. The van der Waals surface area contributed by atoms with Crippen molar-refractivity contribution in [2.75, 3.05) is 27.4 Å². The second kappa shape index (κ2) is 9.20. The summed E-state index contributed by atoms with van der Waals surface area (Å²) >= 11 is 0. The van der Waals surface area contributed by atoms with Gasteiger partial charge in [-0.15, -0.1) is 0 Å². The number of unbranched alkanes of at least 4 members (excludes halogenated alkanes) is 4. The number of methoxy groups -OCH3 is 2. The first-order valence-corrected chi connectivity index (χ1v) is 7.99. The van der Waals surface area contributed by atoms with Gasteiger partial charge in [0, 0.05) is 13.7 Å². The number of hydrogen-bond acceptors (Lipinski definition) is 5. The maximum Gasteiger partial charge on any atom is 0.340 e. The Morgan fingerprint density at radius 1 is 0.957 bits per heavy atom. The van der Waals surface area contributed by atoms with E-state index in [-0.39, 0.29) is 0 Å². The summed E-state index contributed by atoms with van der Waals surface area (Å²) in [7, 11) is 3.27. The van der Waals surface area contributed by atoms with Gasteiger partial charge in [-0.25, -0.2) is 4.79 Å². The molecule has 126 valence electrons. The van der Waals surface area contributed by atoms with Gasteiger partial charge in [0.15, 0.2) is 11.3 Å². The van der Waals surface area contributed by atoms with Gasteiger partial charge in [0.2, 0.25) is 0 Å². The minimum atomic E-state index is -0.434. The summed E-state index contributed by atoms with van der Waals surface area (Å²) in [5.74, 6) is 1.08.